The average molecular weight is 611 g/mol. The molecule has 2 atom stereocenters. The summed E-state index contributed by atoms with van der Waals surface area (Å²) in [5, 5.41) is 24.0. The fraction of sp³-hybridized carbons (Fsp3) is 0.400. The van der Waals surface area contributed by atoms with Crippen LogP contribution in [0.5, 0.6) is 5.75 Å². The highest BCUT2D eigenvalue weighted by Crippen LogP contribution is 2.47. The molecule has 9 nitrogen and oxygen atoms in total. The van der Waals surface area contributed by atoms with Crippen molar-refractivity contribution in [3.8, 4) is 23.1 Å². The van der Waals surface area contributed by atoms with Crippen LogP contribution in [0.2, 0.25) is 0 Å². The number of hydrogen-bond donors (Lipinski definition) is 1. The predicted molar refractivity (Wildman–Crippen MR) is 149 cm³/mol. The van der Waals surface area contributed by atoms with E-state index in [-0.39, 0.29) is 53.2 Å². The number of benzene rings is 2. The van der Waals surface area contributed by atoms with E-state index < -0.39 is 12.3 Å². The SMILES string of the molecule is N#Cc1cc(C(=O)O)cc2sc(N3C4CCC3CC(OCc3c(-c5ccccc5OC(F)(F)F)noc3C3CC3)C4)nc12. The van der Waals surface area contributed by atoms with Crippen LogP contribution < -0.4 is 9.64 Å². The summed E-state index contributed by atoms with van der Waals surface area (Å²) in [5.74, 6) is -0.610. The third kappa shape index (κ3) is 5.29. The van der Waals surface area contributed by atoms with Crippen molar-refractivity contribution in [3.05, 3.63) is 58.8 Å². The first-order valence-electron chi connectivity index (χ1n) is 14.0. The molecule has 43 heavy (non-hydrogen) atoms. The van der Waals surface area contributed by atoms with Gasteiger partial charge in [0.15, 0.2) is 5.13 Å². The first-order chi connectivity index (χ1) is 20.7. The topological polar surface area (TPSA) is 122 Å². The maximum absolute atomic E-state index is 13.1. The number of nitrogens with zero attached hydrogens (tertiary/aromatic N) is 4. The van der Waals surface area contributed by atoms with Gasteiger partial charge in [-0.25, -0.2) is 9.78 Å². The number of aromatic carboxylic acids is 1. The maximum Gasteiger partial charge on any atom is 0.573 e. The summed E-state index contributed by atoms with van der Waals surface area (Å²) in [4.78, 5) is 18.6. The number of piperidine rings is 1. The van der Waals surface area contributed by atoms with Crippen LogP contribution in [0.3, 0.4) is 0 Å². The van der Waals surface area contributed by atoms with Gasteiger partial charge in [0.1, 0.15) is 28.8 Å². The van der Waals surface area contributed by atoms with Crippen molar-refractivity contribution in [2.75, 3.05) is 4.90 Å². The molecular formula is C30H25F3N4O5S. The molecular weight excluding hydrogens is 585 g/mol. The van der Waals surface area contributed by atoms with Crippen molar-refractivity contribution in [1.82, 2.24) is 10.1 Å². The van der Waals surface area contributed by atoms with Gasteiger partial charge in [-0.05, 0) is 62.8 Å². The van der Waals surface area contributed by atoms with E-state index in [1.807, 2.05) is 0 Å². The van der Waals surface area contributed by atoms with Crippen molar-refractivity contribution < 1.29 is 37.1 Å². The van der Waals surface area contributed by atoms with Gasteiger partial charge < -0.3 is 24.0 Å². The summed E-state index contributed by atoms with van der Waals surface area (Å²) < 4.78 is 56.4. The largest absolute Gasteiger partial charge is 0.573 e. The number of para-hydroxylation sites is 1. The van der Waals surface area contributed by atoms with Crippen LogP contribution in [-0.2, 0) is 11.3 Å². The van der Waals surface area contributed by atoms with Crippen LogP contribution in [-0.4, -0.2) is 45.8 Å². The zero-order valence-corrected chi connectivity index (χ0v) is 23.5. The Morgan fingerprint density at radius 1 is 1.16 bits per heavy atom. The molecule has 1 aliphatic carbocycles. The van der Waals surface area contributed by atoms with Gasteiger partial charge in [-0.3, -0.25) is 0 Å². The standard InChI is InChI=1S/C30H25F3N4O5S/c31-30(32,33)41-23-4-2-1-3-21(23)26-22(27(42-36-26)15-5-6-15)14-40-20-11-18-7-8-19(12-20)37(18)29-35-25-17(13-34)9-16(28(38)39)10-24(25)43-29/h1-4,9-10,15,18-20H,5-8,11-12,14H2,(H,38,39). The van der Waals surface area contributed by atoms with Gasteiger partial charge in [0.2, 0.25) is 0 Å². The molecule has 1 N–H and O–H groups in total. The van der Waals surface area contributed by atoms with E-state index in [0.717, 1.165) is 43.7 Å². The lowest BCUT2D eigenvalue weighted by atomic mass is 10.00. The first kappa shape index (κ1) is 27.7. The van der Waals surface area contributed by atoms with Crippen molar-refractivity contribution in [2.45, 2.75) is 75.6 Å². The molecule has 4 aromatic rings. The molecule has 2 aromatic carbocycles. The van der Waals surface area contributed by atoms with Crippen LogP contribution in [0.25, 0.3) is 21.5 Å². The molecule has 2 aromatic heterocycles. The first-order valence-corrected chi connectivity index (χ1v) is 14.8. The van der Waals surface area contributed by atoms with Gasteiger partial charge >= 0.3 is 12.3 Å². The highest BCUT2D eigenvalue weighted by molar-refractivity contribution is 7.22. The molecule has 2 unspecified atom stereocenters. The number of ether oxygens (including phenoxy) is 2. The van der Waals surface area contributed by atoms with Gasteiger partial charge in [0, 0.05) is 29.1 Å². The van der Waals surface area contributed by atoms with Crippen molar-refractivity contribution in [3.63, 3.8) is 0 Å². The number of aromatic nitrogens is 2. The Morgan fingerprint density at radius 3 is 2.58 bits per heavy atom. The minimum atomic E-state index is -4.85. The second-order valence-corrected chi connectivity index (χ2v) is 12.2. The second-order valence-electron chi connectivity index (χ2n) is 11.2. The Balaban J connectivity index is 1.11. The third-order valence-corrected chi connectivity index (χ3v) is 9.38. The number of hydrogen-bond acceptors (Lipinski definition) is 9. The highest BCUT2D eigenvalue weighted by atomic mass is 32.1. The van der Waals surface area contributed by atoms with E-state index in [2.05, 4.69) is 20.9 Å². The van der Waals surface area contributed by atoms with Gasteiger partial charge in [-0.2, -0.15) is 5.26 Å². The summed E-state index contributed by atoms with van der Waals surface area (Å²) in [7, 11) is 0. The van der Waals surface area contributed by atoms with Crippen molar-refractivity contribution >= 4 is 32.7 Å². The van der Waals surface area contributed by atoms with Crippen LogP contribution in [0.4, 0.5) is 18.3 Å². The van der Waals surface area contributed by atoms with E-state index in [9.17, 15) is 28.3 Å². The number of thiazole rings is 1. The molecule has 4 heterocycles. The minimum Gasteiger partial charge on any atom is -0.478 e. The molecule has 0 spiro atoms. The molecule has 0 radical (unpaired) electrons. The number of rotatable bonds is 8. The summed E-state index contributed by atoms with van der Waals surface area (Å²) in [6.07, 6.45) is 0.257. The van der Waals surface area contributed by atoms with Gasteiger partial charge in [0.05, 0.1) is 28.5 Å². The lowest BCUT2D eigenvalue weighted by Crippen LogP contribution is -2.45. The fourth-order valence-corrected chi connectivity index (χ4v) is 7.50. The number of halogens is 3. The Morgan fingerprint density at radius 2 is 1.91 bits per heavy atom. The summed E-state index contributed by atoms with van der Waals surface area (Å²) in [6.45, 7) is 0.153. The molecule has 2 saturated heterocycles. The summed E-state index contributed by atoms with van der Waals surface area (Å²) >= 11 is 1.39. The lowest BCUT2D eigenvalue weighted by Gasteiger charge is -2.38. The zero-order valence-electron chi connectivity index (χ0n) is 22.6. The van der Waals surface area contributed by atoms with E-state index in [0.29, 0.717) is 27.2 Å². The fourth-order valence-electron chi connectivity index (χ4n) is 6.33. The number of anilines is 1. The Kier molecular flexibility index (Phi) is 6.78. The molecule has 3 fully saturated rings. The summed E-state index contributed by atoms with van der Waals surface area (Å²) in [6, 6.07) is 11.2. The summed E-state index contributed by atoms with van der Waals surface area (Å²) in [5.41, 5.74) is 1.95. The van der Waals surface area contributed by atoms with E-state index >= 15 is 0 Å². The van der Waals surface area contributed by atoms with Crippen LogP contribution >= 0.6 is 11.3 Å². The van der Waals surface area contributed by atoms with Gasteiger partial charge in [0.25, 0.3) is 0 Å². The molecule has 2 bridgehead atoms. The van der Waals surface area contributed by atoms with Gasteiger partial charge in [-0.1, -0.05) is 28.6 Å². The van der Waals surface area contributed by atoms with E-state index in [1.165, 1.54) is 35.6 Å². The number of nitriles is 1. The minimum absolute atomic E-state index is 0.0561. The third-order valence-electron chi connectivity index (χ3n) is 8.36. The average Bonchev–Trinajstić information content (AvgIpc) is 3.48. The molecule has 222 valence electrons. The Bertz CT molecular complexity index is 1740. The number of carboxylic acids is 1. The van der Waals surface area contributed by atoms with Crippen molar-refractivity contribution in [2.24, 2.45) is 0 Å². The van der Waals surface area contributed by atoms with Crippen LogP contribution in [0, 0.1) is 11.3 Å². The van der Waals surface area contributed by atoms with Crippen LogP contribution in [0.15, 0.2) is 40.9 Å². The quantitative estimate of drug-likeness (QED) is 0.224. The second kappa shape index (κ2) is 10.5. The Hall–Kier alpha value is -4.15. The molecule has 3 aliphatic rings. The lowest BCUT2D eigenvalue weighted by molar-refractivity contribution is -0.274. The maximum atomic E-state index is 13.1. The molecule has 0 amide bonds. The number of carboxylic acid groups (broad SMARTS) is 1. The van der Waals surface area contributed by atoms with E-state index in [1.54, 1.807) is 12.1 Å². The normalized spacial score (nSPS) is 21.7. The molecule has 13 heteroatoms. The molecule has 7 rings (SSSR count). The predicted octanol–water partition coefficient (Wildman–Crippen LogP) is 7.01. The smallest absolute Gasteiger partial charge is 0.478 e. The number of fused-ring (bicyclic) bond motifs is 3. The zero-order chi connectivity index (χ0) is 29.9. The molecule has 1 saturated carbocycles. The van der Waals surface area contributed by atoms with Crippen molar-refractivity contribution in [1.29, 1.82) is 5.26 Å². The van der Waals surface area contributed by atoms with Gasteiger partial charge in [-0.15, -0.1) is 13.2 Å². The highest BCUT2D eigenvalue weighted by Gasteiger charge is 2.43. The number of alkyl halides is 3. The molecule has 2 aliphatic heterocycles. The monoisotopic (exact) mass is 610 g/mol. The number of carbonyl (C=O) groups is 1. The van der Waals surface area contributed by atoms with E-state index in [4.69, 9.17) is 14.2 Å². The Labute approximate surface area is 247 Å². The van der Waals surface area contributed by atoms with Crippen LogP contribution in [0.1, 0.15) is 71.7 Å².